The zero-order chi connectivity index (χ0) is 21.6. The lowest BCUT2D eigenvalue weighted by atomic mass is 10.0. The molecule has 1 N–H and O–H groups in total. The van der Waals surface area contributed by atoms with Gasteiger partial charge in [-0.05, 0) is 53.2 Å². The number of hydrogen-bond acceptors (Lipinski definition) is 4. The Morgan fingerprint density at radius 1 is 0.806 bits per heavy atom. The second-order valence-electron chi connectivity index (χ2n) is 6.66. The fourth-order valence-electron chi connectivity index (χ4n) is 3.05. The summed E-state index contributed by atoms with van der Waals surface area (Å²) >= 11 is 5.86. The number of rotatable bonds is 5. The number of ether oxygens (including phenoxy) is 1. The number of esters is 1. The molecule has 5 nitrogen and oxygen atoms in total. The fraction of sp³-hybridized carbons (Fsp3) is 0. The van der Waals surface area contributed by atoms with E-state index in [4.69, 9.17) is 16.3 Å². The Bertz CT molecular complexity index is 1270. The van der Waals surface area contributed by atoms with Crippen LogP contribution in [0.2, 0.25) is 5.02 Å². The maximum atomic E-state index is 12.5. The molecular weight excluding hydrogens is 412 g/mol. The van der Waals surface area contributed by atoms with Crippen LogP contribution in [0.3, 0.4) is 0 Å². The molecule has 0 aliphatic rings. The van der Waals surface area contributed by atoms with E-state index in [0.29, 0.717) is 27.5 Å². The molecule has 6 heteroatoms. The predicted molar refractivity (Wildman–Crippen MR) is 122 cm³/mol. The summed E-state index contributed by atoms with van der Waals surface area (Å²) in [4.78, 5) is 24.9. The molecule has 0 spiro atoms. The van der Waals surface area contributed by atoms with E-state index in [0.717, 1.165) is 10.8 Å². The van der Waals surface area contributed by atoms with Gasteiger partial charge in [0.25, 0.3) is 5.91 Å². The van der Waals surface area contributed by atoms with Gasteiger partial charge in [0.2, 0.25) is 0 Å². The third kappa shape index (κ3) is 4.79. The van der Waals surface area contributed by atoms with Crippen LogP contribution < -0.4 is 10.2 Å². The van der Waals surface area contributed by atoms with Gasteiger partial charge >= 0.3 is 5.97 Å². The number of nitrogens with zero attached hydrogens (tertiary/aromatic N) is 1. The van der Waals surface area contributed by atoms with Crippen molar-refractivity contribution in [1.29, 1.82) is 0 Å². The first kappa shape index (κ1) is 20.3. The largest absolute Gasteiger partial charge is 0.422 e. The number of fused-ring (bicyclic) bond motifs is 1. The molecule has 0 fully saturated rings. The lowest BCUT2D eigenvalue weighted by molar-refractivity contribution is 0.0734. The molecule has 0 saturated carbocycles. The first-order valence-corrected chi connectivity index (χ1v) is 9.87. The average molecular weight is 429 g/mol. The van der Waals surface area contributed by atoms with Crippen molar-refractivity contribution in [3.05, 3.63) is 113 Å². The molecule has 0 atom stereocenters. The van der Waals surface area contributed by atoms with Crippen molar-refractivity contribution < 1.29 is 14.3 Å². The smallest absolute Gasteiger partial charge is 0.343 e. The highest BCUT2D eigenvalue weighted by molar-refractivity contribution is 6.30. The number of nitrogens with one attached hydrogen (secondary N) is 1. The van der Waals surface area contributed by atoms with Gasteiger partial charge in [0.05, 0.1) is 11.8 Å². The van der Waals surface area contributed by atoms with Gasteiger partial charge in [-0.1, -0.05) is 60.1 Å². The van der Waals surface area contributed by atoms with Crippen LogP contribution in [0.25, 0.3) is 10.8 Å². The highest BCUT2D eigenvalue weighted by Crippen LogP contribution is 2.27. The van der Waals surface area contributed by atoms with Crippen LogP contribution in [-0.2, 0) is 0 Å². The Labute approximate surface area is 183 Å². The van der Waals surface area contributed by atoms with Crippen molar-refractivity contribution in [2.24, 2.45) is 5.10 Å². The van der Waals surface area contributed by atoms with E-state index in [1.165, 1.54) is 6.21 Å². The second kappa shape index (κ2) is 9.24. The molecule has 0 aromatic heterocycles. The van der Waals surface area contributed by atoms with Crippen LogP contribution in [0.1, 0.15) is 26.3 Å². The van der Waals surface area contributed by atoms with Gasteiger partial charge in [-0.2, -0.15) is 5.10 Å². The van der Waals surface area contributed by atoms with Crippen LogP contribution >= 0.6 is 11.6 Å². The molecule has 0 radical (unpaired) electrons. The molecule has 152 valence electrons. The van der Waals surface area contributed by atoms with Gasteiger partial charge in [0.15, 0.2) is 0 Å². The minimum absolute atomic E-state index is 0.344. The first-order chi connectivity index (χ1) is 15.1. The highest BCUT2D eigenvalue weighted by atomic mass is 35.5. The molecule has 0 aliphatic heterocycles. The van der Waals surface area contributed by atoms with Gasteiger partial charge in [-0.25, -0.2) is 10.2 Å². The van der Waals surface area contributed by atoms with Crippen LogP contribution in [0.5, 0.6) is 5.75 Å². The highest BCUT2D eigenvalue weighted by Gasteiger charge is 2.13. The molecular formula is C25H17ClN2O3. The molecule has 0 heterocycles. The van der Waals surface area contributed by atoms with Gasteiger partial charge in [0, 0.05) is 16.1 Å². The Kier molecular flexibility index (Phi) is 6.05. The molecule has 0 saturated heterocycles. The van der Waals surface area contributed by atoms with Gasteiger partial charge < -0.3 is 4.74 Å². The first-order valence-electron chi connectivity index (χ1n) is 9.50. The third-order valence-electron chi connectivity index (χ3n) is 4.61. The molecule has 31 heavy (non-hydrogen) atoms. The van der Waals surface area contributed by atoms with E-state index in [2.05, 4.69) is 10.5 Å². The molecule has 0 aliphatic carbocycles. The van der Waals surface area contributed by atoms with E-state index < -0.39 is 5.97 Å². The molecule has 1 amide bonds. The van der Waals surface area contributed by atoms with Crippen molar-refractivity contribution >= 4 is 40.5 Å². The van der Waals surface area contributed by atoms with Crippen molar-refractivity contribution in [2.75, 3.05) is 0 Å². The Morgan fingerprint density at radius 3 is 2.29 bits per heavy atom. The van der Waals surface area contributed by atoms with E-state index in [1.54, 1.807) is 54.6 Å². The predicted octanol–water partition coefficient (Wildman–Crippen LogP) is 5.48. The van der Waals surface area contributed by atoms with Crippen molar-refractivity contribution in [2.45, 2.75) is 0 Å². The minimum atomic E-state index is -0.476. The van der Waals surface area contributed by atoms with Crippen LogP contribution in [-0.4, -0.2) is 18.1 Å². The monoisotopic (exact) mass is 428 g/mol. The zero-order valence-corrected chi connectivity index (χ0v) is 17.0. The number of halogens is 1. The lowest BCUT2D eigenvalue weighted by Crippen LogP contribution is -2.17. The molecule has 4 aromatic rings. The Hall–Kier alpha value is -3.96. The van der Waals surface area contributed by atoms with E-state index in [1.807, 2.05) is 36.4 Å². The van der Waals surface area contributed by atoms with E-state index in [9.17, 15) is 9.59 Å². The summed E-state index contributed by atoms with van der Waals surface area (Å²) < 4.78 is 5.64. The Morgan fingerprint density at radius 2 is 1.52 bits per heavy atom. The van der Waals surface area contributed by atoms with Crippen molar-refractivity contribution in [1.82, 2.24) is 5.43 Å². The summed E-state index contributed by atoms with van der Waals surface area (Å²) in [5.74, 6) is -0.510. The Balaban J connectivity index is 1.62. The number of benzene rings is 4. The molecule has 0 unspecified atom stereocenters. The third-order valence-corrected chi connectivity index (χ3v) is 4.86. The average Bonchev–Trinajstić information content (AvgIpc) is 2.81. The maximum absolute atomic E-state index is 12.5. The zero-order valence-electron chi connectivity index (χ0n) is 16.3. The van der Waals surface area contributed by atoms with E-state index in [-0.39, 0.29) is 5.91 Å². The summed E-state index contributed by atoms with van der Waals surface area (Å²) in [6.07, 6.45) is 1.48. The van der Waals surface area contributed by atoms with Crippen LogP contribution in [0, 0.1) is 0 Å². The maximum Gasteiger partial charge on any atom is 0.343 e. The normalized spacial score (nSPS) is 10.9. The molecule has 0 bridgehead atoms. The lowest BCUT2D eigenvalue weighted by Gasteiger charge is -2.10. The van der Waals surface area contributed by atoms with Gasteiger partial charge in [-0.15, -0.1) is 0 Å². The number of hydrazone groups is 1. The number of carbonyl (C=O) groups excluding carboxylic acids is 2. The van der Waals surface area contributed by atoms with Crippen LogP contribution in [0.4, 0.5) is 0 Å². The van der Waals surface area contributed by atoms with E-state index >= 15 is 0 Å². The topological polar surface area (TPSA) is 67.8 Å². The molecule has 4 aromatic carbocycles. The SMILES string of the molecule is O=C(N/N=C\c1c(OC(=O)c2ccccc2)ccc2ccccc12)c1ccc(Cl)cc1. The van der Waals surface area contributed by atoms with Crippen LogP contribution in [0.15, 0.2) is 96.1 Å². The summed E-state index contributed by atoms with van der Waals surface area (Å²) in [5.41, 5.74) is 3.94. The number of amides is 1. The fourth-order valence-corrected chi connectivity index (χ4v) is 3.18. The summed E-state index contributed by atoms with van der Waals surface area (Å²) in [6, 6.07) is 26.4. The van der Waals surface area contributed by atoms with Crippen molar-refractivity contribution in [3.63, 3.8) is 0 Å². The quantitative estimate of drug-likeness (QED) is 0.198. The number of carbonyl (C=O) groups is 2. The van der Waals surface area contributed by atoms with Gasteiger partial charge in [0.1, 0.15) is 5.75 Å². The summed E-state index contributed by atoms with van der Waals surface area (Å²) in [5, 5.41) is 6.41. The van der Waals surface area contributed by atoms with Crippen molar-refractivity contribution in [3.8, 4) is 5.75 Å². The minimum Gasteiger partial charge on any atom is -0.422 e. The standard InChI is InChI=1S/C25H17ClN2O3/c26-20-13-10-18(11-14-20)24(29)28-27-16-22-21-9-5-4-6-17(21)12-15-23(22)31-25(30)19-7-2-1-3-8-19/h1-16H,(H,28,29)/b27-16-. The summed E-state index contributed by atoms with van der Waals surface area (Å²) in [6.45, 7) is 0. The number of hydrogen-bond donors (Lipinski definition) is 1. The second-order valence-corrected chi connectivity index (χ2v) is 7.10. The van der Waals surface area contributed by atoms with Gasteiger partial charge in [-0.3, -0.25) is 4.79 Å². The molecule has 4 rings (SSSR count). The summed E-state index contributed by atoms with van der Waals surface area (Å²) in [7, 11) is 0.